The van der Waals surface area contributed by atoms with Gasteiger partial charge in [0.1, 0.15) is 5.82 Å². The maximum atomic E-state index is 12.3. The van der Waals surface area contributed by atoms with Gasteiger partial charge >= 0.3 is 6.03 Å². The van der Waals surface area contributed by atoms with Crippen molar-refractivity contribution in [3.8, 4) is 0 Å². The Morgan fingerprint density at radius 2 is 2.04 bits per heavy atom. The smallest absolute Gasteiger partial charge is 0.317 e. The van der Waals surface area contributed by atoms with Gasteiger partial charge < -0.3 is 19.7 Å². The summed E-state index contributed by atoms with van der Waals surface area (Å²) in [5.41, 5.74) is 3.14. The summed E-state index contributed by atoms with van der Waals surface area (Å²) >= 11 is 0. The van der Waals surface area contributed by atoms with E-state index < -0.39 is 0 Å². The molecule has 0 unspecified atom stereocenters. The molecule has 0 aliphatic heterocycles. The third-order valence-electron chi connectivity index (χ3n) is 4.10. The maximum Gasteiger partial charge on any atom is 0.317 e. The Morgan fingerprint density at radius 1 is 1.30 bits per heavy atom. The Bertz CT molecular complexity index is 677. The van der Waals surface area contributed by atoms with Crippen LogP contribution in [0.2, 0.25) is 0 Å². The van der Waals surface area contributed by atoms with E-state index in [9.17, 15) is 4.79 Å². The molecule has 1 N–H and O–H groups in total. The SMILES string of the molecule is CCN(CCN(C)C)C(=O)NCc1ccc2c(c1)nc(C)n2C. The molecule has 0 aliphatic rings. The van der Waals surface area contributed by atoms with Crippen LogP contribution < -0.4 is 5.32 Å². The van der Waals surface area contributed by atoms with Gasteiger partial charge in [-0.05, 0) is 45.6 Å². The average molecular weight is 317 g/mol. The molecule has 1 heterocycles. The standard InChI is InChI=1S/C17H27N5O/c1-6-22(10-9-20(3)4)17(23)18-12-14-7-8-16-15(11-14)19-13(2)21(16)5/h7-8,11H,6,9-10,12H2,1-5H3,(H,18,23). The van der Waals surface area contributed by atoms with Crippen LogP contribution in [0.5, 0.6) is 0 Å². The molecule has 2 rings (SSSR count). The Kier molecular flexibility index (Phi) is 5.60. The summed E-state index contributed by atoms with van der Waals surface area (Å²) in [5.74, 6) is 0.988. The lowest BCUT2D eigenvalue weighted by Crippen LogP contribution is -2.42. The molecule has 6 nitrogen and oxygen atoms in total. The summed E-state index contributed by atoms with van der Waals surface area (Å²) in [7, 11) is 6.03. The number of aryl methyl sites for hydroxylation is 2. The van der Waals surface area contributed by atoms with Crippen molar-refractivity contribution in [1.82, 2.24) is 24.7 Å². The van der Waals surface area contributed by atoms with E-state index in [2.05, 4.69) is 25.8 Å². The second-order valence-corrected chi connectivity index (χ2v) is 6.08. The molecule has 0 bridgehead atoms. The van der Waals surface area contributed by atoms with Crippen molar-refractivity contribution >= 4 is 17.1 Å². The second kappa shape index (κ2) is 7.46. The summed E-state index contributed by atoms with van der Waals surface area (Å²) in [6.07, 6.45) is 0. The van der Waals surface area contributed by atoms with Gasteiger partial charge in [0.25, 0.3) is 0 Å². The molecule has 126 valence electrons. The first-order valence-electron chi connectivity index (χ1n) is 8.01. The van der Waals surface area contributed by atoms with Crippen molar-refractivity contribution in [3.05, 3.63) is 29.6 Å². The quantitative estimate of drug-likeness (QED) is 0.886. The van der Waals surface area contributed by atoms with Crippen LogP contribution in [0, 0.1) is 6.92 Å². The molecule has 0 atom stereocenters. The van der Waals surface area contributed by atoms with E-state index in [1.54, 1.807) is 0 Å². The summed E-state index contributed by atoms with van der Waals surface area (Å²) in [5, 5.41) is 2.99. The topological polar surface area (TPSA) is 53.4 Å². The van der Waals surface area contributed by atoms with Crippen LogP contribution >= 0.6 is 0 Å². The second-order valence-electron chi connectivity index (χ2n) is 6.08. The van der Waals surface area contributed by atoms with Crippen LogP contribution in [0.1, 0.15) is 18.3 Å². The predicted octanol–water partition coefficient (Wildman–Crippen LogP) is 1.97. The van der Waals surface area contributed by atoms with Crippen molar-refractivity contribution < 1.29 is 4.79 Å². The molecule has 6 heteroatoms. The lowest BCUT2D eigenvalue weighted by molar-refractivity contribution is 0.194. The maximum absolute atomic E-state index is 12.3. The highest BCUT2D eigenvalue weighted by atomic mass is 16.2. The highest BCUT2D eigenvalue weighted by Crippen LogP contribution is 2.16. The summed E-state index contributed by atoms with van der Waals surface area (Å²) in [6, 6.07) is 6.12. The van der Waals surface area contributed by atoms with Crippen LogP contribution in [0.4, 0.5) is 4.79 Å². The van der Waals surface area contributed by atoms with E-state index in [4.69, 9.17) is 0 Å². The number of urea groups is 1. The van der Waals surface area contributed by atoms with Crippen molar-refractivity contribution in [2.75, 3.05) is 33.7 Å². The number of fused-ring (bicyclic) bond motifs is 1. The fraction of sp³-hybridized carbons (Fsp3) is 0.529. The van der Waals surface area contributed by atoms with E-state index in [1.165, 1.54) is 0 Å². The van der Waals surface area contributed by atoms with Gasteiger partial charge in [0, 0.05) is 33.2 Å². The molecule has 1 aromatic heterocycles. The minimum absolute atomic E-state index is 0.0216. The van der Waals surface area contributed by atoms with Gasteiger partial charge in [-0.3, -0.25) is 0 Å². The molecule has 2 amide bonds. The lowest BCUT2D eigenvalue weighted by atomic mass is 10.2. The Balaban J connectivity index is 1.98. The molecule has 0 saturated carbocycles. The highest BCUT2D eigenvalue weighted by molar-refractivity contribution is 5.77. The van der Waals surface area contributed by atoms with Gasteiger partial charge in [0.2, 0.25) is 0 Å². The number of hydrogen-bond acceptors (Lipinski definition) is 3. The average Bonchev–Trinajstić information content (AvgIpc) is 2.80. The predicted molar refractivity (Wildman–Crippen MR) is 93.5 cm³/mol. The Labute approximate surface area is 138 Å². The van der Waals surface area contributed by atoms with Gasteiger partial charge in [0.15, 0.2) is 0 Å². The first kappa shape index (κ1) is 17.3. The van der Waals surface area contributed by atoms with Gasteiger partial charge in [0.05, 0.1) is 11.0 Å². The van der Waals surface area contributed by atoms with E-state index >= 15 is 0 Å². The summed E-state index contributed by atoms with van der Waals surface area (Å²) in [4.78, 5) is 20.7. The van der Waals surface area contributed by atoms with Crippen LogP contribution in [0.15, 0.2) is 18.2 Å². The molecule has 0 fully saturated rings. The monoisotopic (exact) mass is 317 g/mol. The molecule has 23 heavy (non-hydrogen) atoms. The number of aromatic nitrogens is 2. The van der Waals surface area contributed by atoms with E-state index in [0.29, 0.717) is 13.1 Å². The number of nitrogens with one attached hydrogen (secondary N) is 1. The third kappa shape index (κ3) is 4.22. The fourth-order valence-corrected chi connectivity index (χ4v) is 2.49. The zero-order valence-electron chi connectivity index (χ0n) is 14.8. The molecule has 0 radical (unpaired) electrons. The van der Waals surface area contributed by atoms with Gasteiger partial charge in [-0.25, -0.2) is 9.78 Å². The first-order chi connectivity index (χ1) is 10.9. The number of amides is 2. The largest absolute Gasteiger partial charge is 0.334 e. The van der Waals surface area contributed by atoms with E-state index in [1.807, 2.05) is 52.0 Å². The number of imidazole rings is 1. The molecular formula is C17H27N5O. The number of hydrogen-bond donors (Lipinski definition) is 1. The number of carbonyl (C=O) groups is 1. The molecule has 1 aromatic carbocycles. The Hall–Kier alpha value is -2.08. The van der Waals surface area contributed by atoms with Gasteiger partial charge in [-0.15, -0.1) is 0 Å². The number of rotatable bonds is 6. The fourth-order valence-electron chi connectivity index (χ4n) is 2.49. The van der Waals surface area contributed by atoms with Crippen LogP contribution in [0.25, 0.3) is 11.0 Å². The van der Waals surface area contributed by atoms with Crippen LogP contribution in [-0.4, -0.2) is 59.1 Å². The normalized spacial score (nSPS) is 11.2. The molecule has 0 aliphatic carbocycles. The minimum atomic E-state index is -0.0216. The van der Waals surface area contributed by atoms with Crippen LogP contribution in [0.3, 0.4) is 0 Å². The van der Waals surface area contributed by atoms with Crippen molar-refractivity contribution in [3.63, 3.8) is 0 Å². The Morgan fingerprint density at radius 3 is 2.70 bits per heavy atom. The number of nitrogens with zero attached hydrogens (tertiary/aromatic N) is 4. The van der Waals surface area contributed by atoms with Gasteiger partial charge in [-0.2, -0.15) is 0 Å². The summed E-state index contributed by atoms with van der Waals surface area (Å²) < 4.78 is 2.07. The third-order valence-corrected chi connectivity index (χ3v) is 4.10. The van der Waals surface area contributed by atoms with Crippen molar-refractivity contribution in [2.24, 2.45) is 7.05 Å². The zero-order chi connectivity index (χ0) is 17.0. The van der Waals surface area contributed by atoms with Crippen molar-refractivity contribution in [2.45, 2.75) is 20.4 Å². The summed E-state index contributed by atoms with van der Waals surface area (Å²) in [6.45, 7) is 6.80. The molecule has 2 aromatic rings. The number of benzene rings is 1. The molecule has 0 saturated heterocycles. The molecular weight excluding hydrogens is 290 g/mol. The molecule has 0 spiro atoms. The van der Waals surface area contributed by atoms with E-state index in [-0.39, 0.29) is 6.03 Å². The van der Waals surface area contributed by atoms with Gasteiger partial charge in [-0.1, -0.05) is 6.07 Å². The highest BCUT2D eigenvalue weighted by Gasteiger charge is 2.11. The zero-order valence-corrected chi connectivity index (χ0v) is 14.8. The van der Waals surface area contributed by atoms with Crippen molar-refractivity contribution in [1.29, 1.82) is 0 Å². The number of likely N-dealkylation sites (N-methyl/N-ethyl adjacent to an activating group) is 2. The first-order valence-corrected chi connectivity index (χ1v) is 8.01. The van der Waals surface area contributed by atoms with E-state index in [0.717, 1.165) is 35.5 Å². The minimum Gasteiger partial charge on any atom is -0.334 e. The van der Waals surface area contributed by atoms with Crippen LogP contribution in [-0.2, 0) is 13.6 Å². The number of carbonyl (C=O) groups excluding carboxylic acids is 1. The lowest BCUT2D eigenvalue weighted by Gasteiger charge is -2.23.